The van der Waals surface area contributed by atoms with E-state index in [4.69, 9.17) is 4.74 Å². The summed E-state index contributed by atoms with van der Waals surface area (Å²) < 4.78 is 8.77. The van der Waals surface area contributed by atoms with Crippen LogP contribution in [-0.4, -0.2) is 26.0 Å². The zero-order valence-electron chi connectivity index (χ0n) is 14.0. The smallest absolute Gasteiger partial charge is 0.266 e. The van der Waals surface area contributed by atoms with Gasteiger partial charge in [0, 0.05) is 18.5 Å². The number of fused-ring (bicyclic) bond motifs is 5. The number of aromatic nitrogens is 4. The Morgan fingerprint density at radius 1 is 1.00 bits per heavy atom. The molecule has 3 aromatic heterocycles. The van der Waals surface area contributed by atoms with Gasteiger partial charge in [-0.2, -0.15) is 0 Å². The number of imidazole rings is 1. The quantitative estimate of drug-likeness (QED) is 0.494. The number of pyridine rings is 1. The first-order valence-electron chi connectivity index (χ1n) is 8.18. The Bertz CT molecular complexity index is 1350. The number of ether oxygens (including phenoxy) is 1. The second-order valence-corrected chi connectivity index (χ2v) is 5.99. The highest BCUT2D eigenvalue weighted by molar-refractivity contribution is 5.88. The molecule has 0 radical (unpaired) electrons. The van der Waals surface area contributed by atoms with Gasteiger partial charge in [-0.3, -0.25) is 13.8 Å². The summed E-state index contributed by atoms with van der Waals surface area (Å²) in [6.45, 7) is 0. The minimum Gasteiger partial charge on any atom is -0.497 e. The van der Waals surface area contributed by atoms with Crippen molar-refractivity contribution in [2.45, 2.75) is 0 Å². The van der Waals surface area contributed by atoms with E-state index in [1.54, 1.807) is 24.1 Å². The number of hydrogen-bond donors (Lipinski definition) is 0. The molecule has 6 heteroatoms. The van der Waals surface area contributed by atoms with Crippen LogP contribution < -0.4 is 10.3 Å². The van der Waals surface area contributed by atoms with Crippen LogP contribution in [0, 0.1) is 0 Å². The SMILES string of the molecule is COc1cccc(-n2ccc3c(cnc4nc5ccccc5n43)c2=O)c1. The van der Waals surface area contributed by atoms with Gasteiger partial charge < -0.3 is 4.74 Å². The van der Waals surface area contributed by atoms with Crippen molar-refractivity contribution in [1.29, 1.82) is 0 Å². The molecule has 0 N–H and O–H groups in total. The van der Waals surface area contributed by atoms with Gasteiger partial charge in [0.15, 0.2) is 0 Å². The highest BCUT2D eigenvalue weighted by Crippen LogP contribution is 2.21. The Morgan fingerprint density at radius 3 is 2.77 bits per heavy atom. The molecule has 0 atom stereocenters. The third-order valence-electron chi connectivity index (χ3n) is 4.53. The monoisotopic (exact) mass is 342 g/mol. The van der Waals surface area contributed by atoms with Crippen molar-refractivity contribution in [1.82, 2.24) is 18.9 Å². The zero-order valence-corrected chi connectivity index (χ0v) is 14.0. The fourth-order valence-corrected chi connectivity index (χ4v) is 3.28. The van der Waals surface area contributed by atoms with Gasteiger partial charge in [0.25, 0.3) is 5.56 Å². The second kappa shape index (κ2) is 5.42. The zero-order chi connectivity index (χ0) is 17.7. The molecule has 0 aliphatic carbocycles. The van der Waals surface area contributed by atoms with Crippen LogP contribution in [0.25, 0.3) is 33.4 Å². The number of rotatable bonds is 2. The summed E-state index contributed by atoms with van der Waals surface area (Å²) in [6.07, 6.45) is 3.36. The van der Waals surface area contributed by atoms with Gasteiger partial charge in [-0.1, -0.05) is 18.2 Å². The first kappa shape index (κ1) is 14.7. The fraction of sp³-hybridized carbons (Fsp3) is 0.0500. The molecule has 6 nitrogen and oxygen atoms in total. The number of nitrogens with zero attached hydrogens (tertiary/aromatic N) is 4. The predicted octanol–water partition coefficient (Wildman–Crippen LogP) is 3.20. The highest BCUT2D eigenvalue weighted by Gasteiger charge is 2.12. The van der Waals surface area contributed by atoms with Crippen molar-refractivity contribution < 1.29 is 4.74 Å². The maximum absolute atomic E-state index is 13.1. The molecular formula is C20H14N4O2. The van der Waals surface area contributed by atoms with Crippen molar-refractivity contribution in [2.24, 2.45) is 0 Å². The Hall–Kier alpha value is -3.67. The van der Waals surface area contributed by atoms with E-state index >= 15 is 0 Å². The van der Waals surface area contributed by atoms with Crippen molar-refractivity contribution in [3.8, 4) is 11.4 Å². The minimum absolute atomic E-state index is 0.136. The second-order valence-electron chi connectivity index (χ2n) is 5.99. The molecule has 0 aliphatic heterocycles. The Kier molecular flexibility index (Phi) is 3.05. The number of para-hydroxylation sites is 2. The van der Waals surface area contributed by atoms with Crippen LogP contribution in [0.4, 0.5) is 0 Å². The molecule has 0 fully saturated rings. The maximum Gasteiger partial charge on any atom is 0.266 e. The molecule has 3 heterocycles. The Balaban J connectivity index is 1.85. The fourth-order valence-electron chi connectivity index (χ4n) is 3.28. The van der Waals surface area contributed by atoms with E-state index in [9.17, 15) is 4.79 Å². The van der Waals surface area contributed by atoms with Crippen molar-refractivity contribution in [3.63, 3.8) is 0 Å². The standard InChI is InChI=1S/C20H14N4O2/c1-26-14-6-4-5-13(11-14)23-10-9-17-15(19(23)25)12-21-20-22-16-7-2-3-8-18(16)24(17)20/h2-12H,1H3. The van der Waals surface area contributed by atoms with Gasteiger partial charge in [-0.15, -0.1) is 0 Å². The van der Waals surface area contributed by atoms with Crippen molar-refractivity contribution >= 4 is 27.7 Å². The van der Waals surface area contributed by atoms with Gasteiger partial charge in [0.2, 0.25) is 5.78 Å². The van der Waals surface area contributed by atoms with Crippen LogP contribution in [0.3, 0.4) is 0 Å². The Morgan fingerprint density at radius 2 is 1.88 bits per heavy atom. The summed E-state index contributed by atoms with van der Waals surface area (Å²) in [5, 5.41) is 0.533. The summed E-state index contributed by atoms with van der Waals surface area (Å²) in [4.78, 5) is 22.0. The molecule has 0 saturated heterocycles. The average Bonchev–Trinajstić information content (AvgIpc) is 3.07. The molecule has 0 spiro atoms. The molecule has 0 aliphatic rings. The summed E-state index contributed by atoms with van der Waals surface area (Å²) in [5.74, 6) is 1.28. The normalized spacial score (nSPS) is 11.4. The van der Waals surface area contributed by atoms with Crippen molar-refractivity contribution in [2.75, 3.05) is 7.11 Å². The van der Waals surface area contributed by atoms with Crippen molar-refractivity contribution in [3.05, 3.63) is 77.3 Å². The van der Waals surface area contributed by atoms with E-state index in [1.165, 1.54) is 0 Å². The largest absolute Gasteiger partial charge is 0.497 e. The highest BCUT2D eigenvalue weighted by atomic mass is 16.5. The van der Waals surface area contributed by atoms with Gasteiger partial charge in [0.1, 0.15) is 5.75 Å². The molecule has 0 amide bonds. The Labute approximate surface area is 147 Å². The van der Waals surface area contributed by atoms with Gasteiger partial charge >= 0.3 is 0 Å². The summed E-state index contributed by atoms with van der Waals surface area (Å²) >= 11 is 0. The molecule has 0 saturated carbocycles. The van der Waals surface area contributed by atoms with Crippen LogP contribution in [0.2, 0.25) is 0 Å². The van der Waals surface area contributed by atoms with Crippen LogP contribution >= 0.6 is 0 Å². The van der Waals surface area contributed by atoms with Gasteiger partial charge in [-0.25, -0.2) is 9.97 Å². The predicted molar refractivity (Wildman–Crippen MR) is 100 cm³/mol. The van der Waals surface area contributed by atoms with Crippen LogP contribution in [-0.2, 0) is 0 Å². The minimum atomic E-state index is -0.136. The lowest BCUT2D eigenvalue weighted by molar-refractivity contribution is 0.414. The van der Waals surface area contributed by atoms with E-state index in [2.05, 4.69) is 9.97 Å². The lowest BCUT2D eigenvalue weighted by Crippen LogP contribution is -2.18. The topological polar surface area (TPSA) is 61.4 Å². The van der Waals surface area contributed by atoms with Crippen LogP contribution in [0.5, 0.6) is 5.75 Å². The van der Waals surface area contributed by atoms with E-state index in [-0.39, 0.29) is 5.56 Å². The third kappa shape index (κ3) is 2.02. The molecule has 2 aromatic carbocycles. The maximum atomic E-state index is 13.1. The summed E-state index contributed by atoms with van der Waals surface area (Å²) in [5.41, 5.74) is 3.17. The van der Waals surface area contributed by atoms with Gasteiger partial charge in [-0.05, 0) is 30.3 Å². The summed E-state index contributed by atoms with van der Waals surface area (Å²) in [7, 11) is 1.60. The lowest BCUT2D eigenvalue weighted by Gasteiger charge is -2.09. The molecular weight excluding hydrogens is 328 g/mol. The van der Waals surface area contributed by atoms with E-state index < -0.39 is 0 Å². The third-order valence-corrected chi connectivity index (χ3v) is 4.53. The molecule has 26 heavy (non-hydrogen) atoms. The molecule has 5 rings (SSSR count). The first-order valence-corrected chi connectivity index (χ1v) is 8.18. The average molecular weight is 342 g/mol. The number of hydrogen-bond acceptors (Lipinski definition) is 4. The lowest BCUT2D eigenvalue weighted by atomic mass is 10.2. The van der Waals surface area contributed by atoms with E-state index in [0.717, 1.165) is 22.2 Å². The van der Waals surface area contributed by atoms with E-state index in [0.29, 0.717) is 16.9 Å². The number of methoxy groups -OCH3 is 1. The van der Waals surface area contributed by atoms with Crippen LogP contribution in [0.15, 0.2) is 71.8 Å². The van der Waals surface area contributed by atoms with Gasteiger partial charge in [0.05, 0.1) is 34.7 Å². The number of benzene rings is 2. The first-order chi connectivity index (χ1) is 12.8. The van der Waals surface area contributed by atoms with Crippen LogP contribution in [0.1, 0.15) is 0 Å². The van der Waals surface area contributed by atoms with E-state index in [1.807, 2.05) is 59.0 Å². The molecule has 5 aromatic rings. The molecule has 126 valence electrons. The molecule has 0 unspecified atom stereocenters. The molecule has 0 bridgehead atoms. The summed E-state index contributed by atoms with van der Waals surface area (Å²) in [6, 6.07) is 17.1.